The van der Waals surface area contributed by atoms with Crippen LogP contribution in [0.4, 0.5) is 5.69 Å². The van der Waals surface area contributed by atoms with E-state index < -0.39 is 0 Å². The van der Waals surface area contributed by atoms with Gasteiger partial charge in [0.25, 0.3) is 5.91 Å². The number of ether oxygens (including phenoxy) is 1. The summed E-state index contributed by atoms with van der Waals surface area (Å²) in [4.78, 5) is 19.8. The highest BCUT2D eigenvalue weighted by atomic mass is 32.2. The van der Waals surface area contributed by atoms with E-state index in [2.05, 4.69) is 11.9 Å². The minimum absolute atomic E-state index is 0.00151. The molecule has 0 aliphatic carbocycles. The molecule has 1 aliphatic rings. The van der Waals surface area contributed by atoms with Gasteiger partial charge in [0.05, 0.1) is 17.2 Å². The average Bonchev–Trinajstić information content (AvgIpc) is 2.99. The van der Waals surface area contributed by atoms with E-state index in [9.17, 15) is 4.79 Å². The molecule has 5 heteroatoms. The van der Waals surface area contributed by atoms with Crippen molar-refractivity contribution in [3.05, 3.63) is 64.6 Å². The van der Waals surface area contributed by atoms with Gasteiger partial charge in [-0.15, -0.1) is 0 Å². The number of carbonyl (C=O) groups is 1. The Labute approximate surface area is 171 Å². The summed E-state index contributed by atoms with van der Waals surface area (Å²) in [5.41, 5.74) is 3.02. The third-order valence-electron chi connectivity index (χ3n) is 4.41. The molecule has 2 aromatic rings. The first-order valence-electron chi connectivity index (χ1n) is 9.70. The molecule has 0 spiro atoms. The van der Waals surface area contributed by atoms with Gasteiger partial charge >= 0.3 is 0 Å². The van der Waals surface area contributed by atoms with Crippen molar-refractivity contribution in [2.45, 2.75) is 33.6 Å². The maximum atomic E-state index is 12.8. The van der Waals surface area contributed by atoms with Crippen LogP contribution >= 0.6 is 11.8 Å². The zero-order valence-electron chi connectivity index (χ0n) is 16.6. The molecule has 0 radical (unpaired) electrons. The van der Waals surface area contributed by atoms with Crippen molar-refractivity contribution in [3.63, 3.8) is 0 Å². The molecule has 0 aromatic heterocycles. The SMILES string of the molecule is CCCCOc1ccc(/C=C2/SC(=Nc3ccc(C)cc3)N(CC)C2=O)cc1. The number of unbranched alkanes of at least 4 members (excludes halogenated alkanes) is 1. The maximum absolute atomic E-state index is 12.8. The number of nitrogens with zero attached hydrogens (tertiary/aromatic N) is 2. The molecule has 1 aliphatic heterocycles. The van der Waals surface area contributed by atoms with Gasteiger partial charge in [-0.2, -0.15) is 0 Å². The Kier molecular flexibility index (Phi) is 6.93. The average molecular weight is 395 g/mol. The highest BCUT2D eigenvalue weighted by Gasteiger charge is 2.32. The number of amidine groups is 1. The molecule has 146 valence electrons. The Morgan fingerprint density at radius 2 is 1.79 bits per heavy atom. The van der Waals surface area contributed by atoms with Gasteiger partial charge in [-0.1, -0.05) is 43.2 Å². The minimum atomic E-state index is 0.00151. The van der Waals surface area contributed by atoms with E-state index in [-0.39, 0.29) is 5.91 Å². The molecule has 2 aromatic carbocycles. The van der Waals surface area contributed by atoms with Crippen LogP contribution in [-0.2, 0) is 4.79 Å². The van der Waals surface area contributed by atoms with Crippen molar-refractivity contribution in [2.24, 2.45) is 4.99 Å². The highest BCUT2D eigenvalue weighted by Crippen LogP contribution is 2.34. The van der Waals surface area contributed by atoms with Crippen LogP contribution in [0.2, 0.25) is 0 Å². The van der Waals surface area contributed by atoms with Crippen LogP contribution in [0.15, 0.2) is 58.4 Å². The second-order valence-corrected chi connectivity index (χ2v) is 7.67. The van der Waals surface area contributed by atoms with Crippen LogP contribution in [0, 0.1) is 6.92 Å². The Morgan fingerprint density at radius 3 is 2.43 bits per heavy atom. The lowest BCUT2D eigenvalue weighted by molar-refractivity contribution is -0.122. The molecule has 0 atom stereocenters. The van der Waals surface area contributed by atoms with Gasteiger partial charge in [0.2, 0.25) is 0 Å². The summed E-state index contributed by atoms with van der Waals surface area (Å²) in [6, 6.07) is 15.9. The third kappa shape index (κ3) is 5.04. The van der Waals surface area contributed by atoms with Crippen molar-refractivity contribution in [2.75, 3.05) is 13.2 Å². The number of aliphatic imine (C=N–C) groups is 1. The van der Waals surface area contributed by atoms with E-state index in [1.165, 1.54) is 17.3 Å². The standard InChI is InChI=1S/C23H26N2O2S/c1-4-6-15-27-20-13-9-18(10-14-20)16-21-22(26)25(5-2)23(28-21)24-19-11-7-17(3)8-12-19/h7-14,16H,4-6,15H2,1-3H3/b21-16+,24-23?. The fourth-order valence-corrected chi connectivity index (χ4v) is 3.81. The summed E-state index contributed by atoms with van der Waals surface area (Å²) < 4.78 is 5.70. The van der Waals surface area contributed by atoms with E-state index >= 15 is 0 Å². The molecule has 1 heterocycles. The van der Waals surface area contributed by atoms with Crippen LogP contribution in [0.5, 0.6) is 5.75 Å². The smallest absolute Gasteiger partial charge is 0.266 e. The molecule has 1 amide bonds. The lowest BCUT2D eigenvalue weighted by Gasteiger charge is -2.12. The lowest BCUT2D eigenvalue weighted by Crippen LogP contribution is -2.28. The van der Waals surface area contributed by atoms with Crippen molar-refractivity contribution in [3.8, 4) is 5.75 Å². The number of rotatable bonds is 7. The fraction of sp³-hybridized carbons (Fsp3) is 0.304. The number of hydrogen-bond acceptors (Lipinski definition) is 4. The second kappa shape index (κ2) is 9.60. The van der Waals surface area contributed by atoms with Gasteiger partial charge in [0, 0.05) is 6.54 Å². The molecule has 4 nitrogen and oxygen atoms in total. The van der Waals surface area contributed by atoms with E-state index in [4.69, 9.17) is 4.74 Å². The molecular formula is C23H26N2O2S. The molecule has 0 unspecified atom stereocenters. The van der Waals surface area contributed by atoms with Gasteiger partial charge in [0.1, 0.15) is 5.75 Å². The largest absolute Gasteiger partial charge is 0.494 e. The van der Waals surface area contributed by atoms with Crippen molar-refractivity contribution >= 4 is 34.6 Å². The fourth-order valence-electron chi connectivity index (χ4n) is 2.75. The number of benzene rings is 2. The van der Waals surface area contributed by atoms with Crippen molar-refractivity contribution in [1.29, 1.82) is 0 Å². The number of amides is 1. The first kappa shape index (κ1) is 20.2. The number of hydrogen-bond donors (Lipinski definition) is 0. The first-order chi connectivity index (χ1) is 13.6. The maximum Gasteiger partial charge on any atom is 0.266 e. The Morgan fingerprint density at radius 1 is 1.07 bits per heavy atom. The summed E-state index contributed by atoms with van der Waals surface area (Å²) in [5, 5.41) is 0.724. The molecule has 1 fully saturated rings. The summed E-state index contributed by atoms with van der Waals surface area (Å²) in [7, 11) is 0. The number of carbonyl (C=O) groups excluding carboxylic acids is 1. The van der Waals surface area contributed by atoms with Crippen LogP contribution < -0.4 is 4.74 Å². The minimum Gasteiger partial charge on any atom is -0.494 e. The Balaban J connectivity index is 1.76. The Bertz CT molecular complexity index is 870. The topological polar surface area (TPSA) is 41.9 Å². The summed E-state index contributed by atoms with van der Waals surface area (Å²) >= 11 is 1.42. The number of likely N-dealkylation sites (N-methyl/N-ethyl adjacent to an activating group) is 1. The Hall–Kier alpha value is -2.53. The summed E-state index contributed by atoms with van der Waals surface area (Å²) in [6.07, 6.45) is 4.08. The van der Waals surface area contributed by atoms with Gasteiger partial charge in [-0.3, -0.25) is 9.69 Å². The van der Waals surface area contributed by atoms with E-state index in [0.29, 0.717) is 11.4 Å². The van der Waals surface area contributed by atoms with E-state index in [1.807, 2.05) is 68.5 Å². The number of aryl methyl sites for hydroxylation is 1. The number of thioether (sulfide) groups is 1. The molecule has 0 saturated carbocycles. The highest BCUT2D eigenvalue weighted by molar-refractivity contribution is 8.18. The normalized spacial score (nSPS) is 17.0. The lowest BCUT2D eigenvalue weighted by atomic mass is 10.2. The predicted molar refractivity (Wildman–Crippen MR) is 118 cm³/mol. The molecule has 0 bridgehead atoms. The van der Waals surface area contributed by atoms with Crippen molar-refractivity contribution < 1.29 is 9.53 Å². The monoisotopic (exact) mass is 394 g/mol. The van der Waals surface area contributed by atoms with Crippen LogP contribution in [0.1, 0.15) is 37.8 Å². The zero-order valence-corrected chi connectivity index (χ0v) is 17.5. The van der Waals surface area contributed by atoms with Crippen LogP contribution in [0.25, 0.3) is 6.08 Å². The van der Waals surface area contributed by atoms with Crippen molar-refractivity contribution in [1.82, 2.24) is 4.90 Å². The predicted octanol–water partition coefficient (Wildman–Crippen LogP) is 5.80. The molecule has 0 N–H and O–H groups in total. The van der Waals surface area contributed by atoms with E-state index in [1.54, 1.807) is 4.90 Å². The first-order valence-corrected chi connectivity index (χ1v) is 10.5. The molecule has 28 heavy (non-hydrogen) atoms. The zero-order chi connectivity index (χ0) is 19.9. The molecule has 1 saturated heterocycles. The van der Waals surface area contributed by atoms with Gasteiger partial charge < -0.3 is 4.74 Å². The summed E-state index contributed by atoms with van der Waals surface area (Å²) in [6.45, 7) is 7.48. The quantitative estimate of drug-likeness (QED) is 0.440. The van der Waals surface area contributed by atoms with Gasteiger partial charge in [-0.05, 0) is 67.9 Å². The second-order valence-electron chi connectivity index (χ2n) is 6.66. The van der Waals surface area contributed by atoms with E-state index in [0.717, 1.165) is 41.6 Å². The third-order valence-corrected chi connectivity index (χ3v) is 5.41. The van der Waals surface area contributed by atoms with Crippen LogP contribution in [0.3, 0.4) is 0 Å². The van der Waals surface area contributed by atoms with Gasteiger partial charge in [-0.25, -0.2) is 4.99 Å². The molecular weight excluding hydrogens is 368 g/mol. The van der Waals surface area contributed by atoms with Crippen LogP contribution in [-0.4, -0.2) is 29.1 Å². The summed E-state index contributed by atoms with van der Waals surface area (Å²) in [5.74, 6) is 0.861. The molecule has 3 rings (SSSR count). The van der Waals surface area contributed by atoms with Gasteiger partial charge in [0.15, 0.2) is 5.17 Å².